The van der Waals surface area contributed by atoms with Gasteiger partial charge in [0.2, 0.25) is 0 Å². The van der Waals surface area contributed by atoms with E-state index in [9.17, 15) is 0 Å². The second-order valence-electron chi connectivity index (χ2n) is 2.69. The molecule has 0 N–H and O–H groups in total. The van der Waals surface area contributed by atoms with Crippen LogP contribution < -0.4 is 0 Å². The van der Waals surface area contributed by atoms with Crippen LogP contribution in [-0.2, 0) is 4.74 Å². The van der Waals surface area contributed by atoms with Crippen LogP contribution in [0.1, 0.15) is 19.3 Å². The first-order valence-corrected chi connectivity index (χ1v) is 3.20. The Morgan fingerprint density at radius 1 is 1.38 bits per heavy atom. The first kappa shape index (κ1) is 4.57. The lowest BCUT2D eigenvalue weighted by Crippen LogP contribution is -2.11. The van der Waals surface area contributed by atoms with Crippen LogP contribution in [0.25, 0.3) is 0 Å². The van der Waals surface area contributed by atoms with Gasteiger partial charge in [0, 0.05) is 0 Å². The average Bonchev–Trinajstić information content (AvgIpc) is 2.52. The van der Waals surface area contributed by atoms with Gasteiger partial charge in [-0.15, -0.1) is 0 Å². The highest BCUT2D eigenvalue weighted by Crippen LogP contribution is 2.38. The van der Waals surface area contributed by atoms with Crippen LogP contribution in [0.2, 0.25) is 0 Å². The van der Waals surface area contributed by atoms with Crippen molar-refractivity contribution in [2.45, 2.75) is 24.9 Å². The number of ether oxygens (including phenoxy) is 1. The molecule has 1 atom stereocenters. The second-order valence-corrected chi connectivity index (χ2v) is 2.69. The lowest BCUT2D eigenvalue weighted by Gasteiger charge is -2.10. The van der Waals surface area contributed by atoms with Crippen LogP contribution >= 0.6 is 0 Å². The van der Waals surface area contributed by atoms with Gasteiger partial charge in [-0.25, -0.2) is 0 Å². The first-order valence-electron chi connectivity index (χ1n) is 3.20. The summed E-state index contributed by atoms with van der Waals surface area (Å²) in [6, 6.07) is 0. The van der Waals surface area contributed by atoms with Gasteiger partial charge in [0.05, 0.1) is 12.2 Å². The molecule has 1 nitrogen and oxygen atoms in total. The molecule has 2 rings (SSSR count). The van der Waals surface area contributed by atoms with Gasteiger partial charge in [-0.1, -0.05) is 12.2 Å². The van der Waals surface area contributed by atoms with Crippen molar-refractivity contribution in [1.29, 1.82) is 0 Å². The summed E-state index contributed by atoms with van der Waals surface area (Å²) >= 11 is 0. The highest BCUT2D eigenvalue weighted by Gasteiger charge is 2.43. The Labute approximate surface area is 49.3 Å². The van der Waals surface area contributed by atoms with E-state index in [2.05, 4.69) is 12.2 Å². The summed E-state index contributed by atoms with van der Waals surface area (Å²) in [7, 11) is 0. The van der Waals surface area contributed by atoms with Crippen molar-refractivity contribution in [2.24, 2.45) is 0 Å². The molecule has 1 aliphatic heterocycles. The van der Waals surface area contributed by atoms with E-state index in [-0.39, 0.29) is 0 Å². The molecule has 1 spiro atoms. The van der Waals surface area contributed by atoms with E-state index in [1.54, 1.807) is 0 Å². The van der Waals surface area contributed by atoms with Crippen molar-refractivity contribution in [1.82, 2.24) is 0 Å². The van der Waals surface area contributed by atoms with Gasteiger partial charge in [0.15, 0.2) is 0 Å². The maximum Gasteiger partial charge on any atom is 0.0953 e. The van der Waals surface area contributed by atoms with Gasteiger partial charge in [-0.3, -0.25) is 0 Å². The molecule has 0 aromatic rings. The first-order chi connectivity index (χ1) is 3.91. The van der Waals surface area contributed by atoms with Crippen LogP contribution in [0, 0.1) is 0 Å². The lowest BCUT2D eigenvalue weighted by molar-refractivity contribution is 0.286. The SMILES string of the molecule is C1=CCC2(CC1)CO2. The topological polar surface area (TPSA) is 12.5 Å². The fourth-order valence-electron chi connectivity index (χ4n) is 1.23. The highest BCUT2D eigenvalue weighted by atomic mass is 16.6. The van der Waals surface area contributed by atoms with Crippen LogP contribution in [-0.4, -0.2) is 12.2 Å². The molecule has 0 bridgehead atoms. The summed E-state index contributed by atoms with van der Waals surface area (Å²) in [6.07, 6.45) is 8.11. The smallest absolute Gasteiger partial charge is 0.0953 e. The number of hydrogen-bond acceptors (Lipinski definition) is 1. The Hall–Kier alpha value is -0.300. The Morgan fingerprint density at radius 3 is 2.62 bits per heavy atom. The van der Waals surface area contributed by atoms with Crippen LogP contribution in [0.5, 0.6) is 0 Å². The lowest BCUT2D eigenvalue weighted by atomic mass is 9.95. The molecule has 0 aromatic carbocycles. The third-order valence-electron chi connectivity index (χ3n) is 1.98. The van der Waals surface area contributed by atoms with Crippen molar-refractivity contribution in [3.05, 3.63) is 12.2 Å². The third kappa shape index (κ3) is 0.583. The summed E-state index contributed by atoms with van der Waals surface area (Å²) in [6.45, 7) is 1.01. The van der Waals surface area contributed by atoms with Gasteiger partial charge in [-0.2, -0.15) is 0 Å². The molecule has 1 unspecified atom stereocenters. The molecule has 1 fully saturated rings. The van der Waals surface area contributed by atoms with Gasteiger partial charge < -0.3 is 4.74 Å². The highest BCUT2D eigenvalue weighted by molar-refractivity contribution is 5.05. The zero-order valence-corrected chi connectivity index (χ0v) is 4.89. The predicted molar refractivity (Wildman–Crippen MR) is 31.7 cm³/mol. The van der Waals surface area contributed by atoms with Crippen molar-refractivity contribution in [3.8, 4) is 0 Å². The summed E-state index contributed by atoms with van der Waals surface area (Å²) < 4.78 is 5.29. The molecule has 0 saturated carbocycles. The van der Waals surface area contributed by atoms with E-state index < -0.39 is 0 Å². The van der Waals surface area contributed by atoms with Crippen molar-refractivity contribution >= 4 is 0 Å². The Balaban J connectivity index is 2.08. The van der Waals surface area contributed by atoms with Gasteiger partial charge in [0.1, 0.15) is 0 Å². The maximum absolute atomic E-state index is 5.29. The van der Waals surface area contributed by atoms with Crippen molar-refractivity contribution in [2.75, 3.05) is 6.61 Å². The van der Waals surface area contributed by atoms with Gasteiger partial charge >= 0.3 is 0 Å². The Morgan fingerprint density at radius 2 is 2.25 bits per heavy atom. The molecular formula is C7H10O. The number of allylic oxidation sites excluding steroid dienone is 1. The molecule has 1 aliphatic carbocycles. The van der Waals surface area contributed by atoms with E-state index in [0.29, 0.717) is 5.60 Å². The molecule has 1 heterocycles. The largest absolute Gasteiger partial charge is 0.369 e. The standard InChI is InChI=1S/C7H10O/c1-2-4-7(5-3-1)6-8-7/h1-2H,3-6H2. The number of hydrogen-bond donors (Lipinski definition) is 0. The van der Waals surface area contributed by atoms with Crippen LogP contribution in [0.3, 0.4) is 0 Å². The zero-order chi connectivity index (χ0) is 5.45. The van der Waals surface area contributed by atoms with E-state index in [4.69, 9.17) is 4.74 Å². The number of epoxide rings is 1. The number of rotatable bonds is 0. The van der Waals surface area contributed by atoms with E-state index in [1.165, 1.54) is 12.8 Å². The van der Waals surface area contributed by atoms with Crippen molar-refractivity contribution < 1.29 is 4.74 Å². The summed E-state index contributed by atoms with van der Waals surface area (Å²) in [5, 5.41) is 0. The fraction of sp³-hybridized carbons (Fsp3) is 0.714. The summed E-state index contributed by atoms with van der Waals surface area (Å²) in [5.74, 6) is 0. The molecule has 0 aromatic heterocycles. The molecule has 8 heavy (non-hydrogen) atoms. The van der Waals surface area contributed by atoms with Crippen molar-refractivity contribution in [3.63, 3.8) is 0 Å². The van der Waals surface area contributed by atoms with Crippen LogP contribution in [0.4, 0.5) is 0 Å². The normalized spacial score (nSPS) is 43.0. The van der Waals surface area contributed by atoms with E-state index >= 15 is 0 Å². The maximum atomic E-state index is 5.29. The molecule has 1 saturated heterocycles. The van der Waals surface area contributed by atoms with Gasteiger partial charge in [0.25, 0.3) is 0 Å². The fourth-order valence-corrected chi connectivity index (χ4v) is 1.23. The molecule has 1 heteroatoms. The minimum Gasteiger partial charge on any atom is -0.369 e. The quantitative estimate of drug-likeness (QED) is 0.340. The zero-order valence-electron chi connectivity index (χ0n) is 4.89. The Kier molecular flexibility index (Phi) is 0.770. The molecule has 0 radical (unpaired) electrons. The minimum atomic E-state index is 0.342. The second kappa shape index (κ2) is 1.35. The Bertz CT molecular complexity index is 122. The molecular weight excluding hydrogens is 100 g/mol. The third-order valence-corrected chi connectivity index (χ3v) is 1.98. The van der Waals surface area contributed by atoms with Gasteiger partial charge in [-0.05, 0) is 19.3 Å². The minimum absolute atomic E-state index is 0.342. The molecule has 0 amide bonds. The summed E-state index contributed by atoms with van der Waals surface area (Å²) in [4.78, 5) is 0. The van der Waals surface area contributed by atoms with E-state index in [0.717, 1.165) is 13.0 Å². The monoisotopic (exact) mass is 110 g/mol. The average molecular weight is 110 g/mol. The van der Waals surface area contributed by atoms with E-state index in [1.807, 2.05) is 0 Å². The van der Waals surface area contributed by atoms with Crippen LogP contribution in [0.15, 0.2) is 12.2 Å². The predicted octanol–water partition coefficient (Wildman–Crippen LogP) is 1.50. The summed E-state index contributed by atoms with van der Waals surface area (Å²) in [5.41, 5.74) is 0.342. The molecule has 44 valence electrons. The molecule has 2 aliphatic rings.